The summed E-state index contributed by atoms with van der Waals surface area (Å²) in [4.78, 5) is 27.9. The summed E-state index contributed by atoms with van der Waals surface area (Å²) in [5, 5.41) is 7.57. The fourth-order valence-corrected chi connectivity index (χ4v) is 3.54. The molecule has 0 fully saturated rings. The molecule has 1 heterocycles. The second-order valence-electron chi connectivity index (χ2n) is 6.17. The SMILES string of the molecule is CC(=O)Oc1ccc(C(=O)Nc2nc(-c3ccc4ccccc4c3)cs2)cc1. The Labute approximate surface area is 165 Å². The predicted octanol–water partition coefficient (Wildman–Crippen LogP) is 5.14. The number of amides is 1. The van der Waals surface area contributed by atoms with Gasteiger partial charge in [0, 0.05) is 23.4 Å². The van der Waals surface area contributed by atoms with Crippen LogP contribution in [0.25, 0.3) is 22.0 Å². The van der Waals surface area contributed by atoms with E-state index in [1.165, 1.54) is 23.6 Å². The lowest BCUT2D eigenvalue weighted by molar-refractivity contribution is -0.131. The molecule has 0 atom stereocenters. The van der Waals surface area contributed by atoms with Crippen LogP contribution in [0.3, 0.4) is 0 Å². The number of ether oxygens (including phenoxy) is 1. The zero-order valence-corrected chi connectivity index (χ0v) is 15.8. The average Bonchev–Trinajstić information content (AvgIpc) is 3.16. The van der Waals surface area contributed by atoms with E-state index in [1.807, 2.05) is 23.6 Å². The average molecular weight is 388 g/mol. The van der Waals surface area contributed by atoms with E-state index in [-0.39, 0.29) is 5.91 Å². The van der Waals surface area contributed by atoms with Crippen LogP contribution in [0.4, 0.5) is 5.13 Å². The van der Waals surface area contributed by atoms with Crippen LogP contribution in [-0.2, 0) is 4.79 Å². The molecule has 0 saturated heterocycles. The molecule has 4 rings (SSSR count). The highest BCUT2D eigenvalue weighted by Crippen LogP contribution is 2.28. The van der Waals surface area contributed by atoms with Crippen molar-refractivity contribution in [2.75, 3.05) is 5.32 Å². The normalized spacial score (nSPS) is 10.6. The second-order valence-corrected chi connectivity index (χ2v) is 7.03. The molecule has 28 heavy (non-hydrogen) atoms. The van der Waals surface area contributed by atoms with Gasteiger partial charge in [0.25, 0.3) is 5.91 Å². The topological polar surface area (TPSA) is 68.3 Å². The Morgan fingerprint density at radius 3 is 2.46 bits per heavy atom. The quantitative estimate of drug-likeness (QED) is 0.388. The van der Waals surface area contributed by atoms with Crippen molar-refractivity contribution in [2.24, 2.45) is 0 Å². The van der Waals surface area contributed by atoms with Crippen LogP contribution in [-0.4, -0.2) is 16.9 Å². The highest BCUT2D eigenvalue weighted by molar-refractivity contribution is 7.14. The van der Waals surface area contributed by atoms with Crippen molar-refractivity contribution in [3.05, 3.63) is 77.7 Å². The number of carbonyl (C=O) groups is 2. The highest BCUT2D eigenvalue weighted by Gasteiger charge is 2.11. The molecule has 0 aliphatic rings. The van der Waals surface area contributed by atoms with Gasteiger partial charge < -0.3 is 4.74 Å². The Kier molecular flexibility index (Phi) is 4.87. The minimum Gasteiger partial charge on any atom is -0.427 e. The summed E-state index contributed by atoms with van der Waals surface area (Å²) >= 11 is 1.37. The maximum absolute atomic E-state index is 12.4. The number of hydrogen-bond acceptors (Lipinski definition) is 5. The van der Waals surface area contributed by atoms with Gasteiger partial charge in [0.15, 0.2) is 5.13 Å². The monoisotopic (exact) mass is 388 g/mol. The summed E-state index contributed by atoms with van der Waals surface area (Å²) in [5.41, 5.74) is 2.27. The van der Waals surface area contributed by atoms with Gasteiger partial charge in [-0.25, -0.2) is 4.98 Å². The van der Waals surface area contributed by atoms with Gasteiger partial charge in [-0.1, -0.05) is 36.4 Å². The molecule has 5 nitrogen and oxygen atoms in total. The molecule has 0 saturated carbocycles. The fraction of sp³-hybridized carbons (Fsp3) is 0.0455. The minimum absolute atomic E-state index is 0.270. The molecule has 1 N–H and O–H groups in total. The van der Waals surface area contributed by atoms with Crippen LogP contribution in [0.2, 0.25) is 0 Å². The molecule has 1 aromatic heterocycles. The Hall–Kier alpha value is -3.51. The molecule has 1 amide bonds. The number of anilines is 1. The number of aromatic nitrogens is 1. The van der Waals surface area contributed by atoms with Crippen LogP contribution in [0.1, 0.15) is 17.3 Å². The zero-order valence-electron chi connectivity index (χ0n) is 15.0. The summed E-state index contributed by atoms with van der Waals surface area (Å²) in [6, 6.07) is 20.7. The van der Waals surface area contributed by atoms with E-state index in [0.717, 1.165) is 16.6 Å². The van der Waals surface area contributed by atoms with E-state index < -0.39 is 5.97 Å². The van der Waals surface area contributed by atoms with E-state index in [0.29, 0.717) is 16.4 Å². The lowest BCUT2D eigenvalue weighted by atomic mass is 10.1. The third kappa shape index (κ3) is 3.92. The summed E-state index contributed by atoms with van der Waals surface area (Å²) in [7, 11) is 0. The first-order valence-corrected chi connectivity index (χ1v) is 9.51. The Bertz CT molecular complexity index is 1170. The molecule has 0 aliphatic heterocycles. The summed E-state index contributed by atoms with van der Waals surface area (Å²) in [5.74, 6) is -0.271. The molecular weight excluding hydrogens is 372 g/mol. The van der Waals surface area contributed by atoms with E-state index in [1.54, 1.807) is 24.3 Å². The Morgan fingerprint density at radius 2 is 1.71 bits per heavy atom. The molecule has 3 aromatic carbocycles. The highest BCUT2D eigenvalue weighted by atomic mass is 32.1. The predicted molar refractivity (Wildman–Crippen MR) is 111 cm³/mol. The van der Waals surface area contributed by atoms with Gasteiger partial charge in [0.05, 0.1) is 5.69 Å². The molecule has 0 unspecified atom stereocenters. The Morgan fingerprint density at radius 1 is 0.964 bits per heavy atom. The van der Waals surface area contributed by atoms with Crippen molar-refractivity contribution in [1.29, 1.82) is 0 Å². The van der Waals surface area contributed by atoms with Gasteiger partial charge in [0.1, 0.15) is 5.75 Å². The van der Waals surface area contributed by atoms with Gasteiger partial charge in [0.2, 0.25) is 0 Å². The van der Waals surface area contributed by atoms with E-state index in [2.05, 4.69) is 34.6 Å². The van der Waals surface area contributed by atoms with Gasteiger partial charge in [-0.05, 0) is 41.1 Å². The van der Waals surface area contributed by atoms with Crippen LogP contribution >= 0.6 is 11.3 Å². The van der Waals surface area contributed by atoms with Crippen molar-refractivity contribution >= 4 is 39.1 Å². The van der Waals surface area contributed by atoms with Gasteiger partial charge in [-0.3, -0.25) is 14.9 Å². The van der Waals surface area contributed by atoms with Gasteiger partial charge in [-0.15, -0.1) is 11.3 Å². The number of hydrogen-bond donors (Lipinski definition) is 1. The number of fused-ring (bicyclic) bond motifs is 1. The number of nitrogens with one attached hydrogen (secondary N) is 1. The summed E-state index contributed by atoms with van der Waals surface area (Å²) in [6.45, 7) is 1.33. The third-order valence-corrected chi connectivity index (χ3v) is 4.91. The van der Waals surface area contributed by atoms with Crippen LogP contribution < -0.4 is 10.1 Å². The number of esters is 1. The van der Waals surface area contributed by atoms with E-state index >= 15 is 0 Å². The van der Waals surface area contributed by atoms with Gasteiger partial charge >= 0.3 is 5.97 Å². The lowest BCUT2D eigenvalue weighted by Crippen LogP contribution is -2.11. The lowest BCUT2D eigenvalue weighted by Gasteiger charge is -2.04. The van der Waals surface area contributed by atoms with Crippen molar-refractivity contribution in [2.45, 2.75) is 6.92 Å². The molecule has 0 radical (unpaired) electrons. The summed E-state index contributed by atoms with van der Waals surface area (Å²) in [6.07, 6.45) is 0. The molecule has 4 aromatic rings. The standard InChI is InChI=1S/C22H16N2O3S/c1-14(25)27-19-10-8-16(9-11-19)21(26)24-22-23-20(13-28-22)18-7-6-15-4-2-3-5-17(15)12-18/h2-13H,1H3,(H,23,24,26). The van der Waals surface area contributed by atoms with Crippen molar-refractivity contribution in [3.8, 4) is 17.0 Å². The number of thiazole rings is 1. The van der Waals surface area contributed by atoms with Crippen molar-refractivity contribution < 1.29 is 14.3 Å². The first-order valence-electron chi connectivity index (χ1n) is 8.63. The van der Waals surface area contributed by atoms with Crippen LogP contribution in [0.5, 0.6) is 5.75 Å². The van der Waals surface area contributed by atoms with Gasteiger partial charge in [-0.2, -0.15) is 0 Å². The molecule has 0 spiro atoms. The second kappa shape index (κ2) is 7.62. The first-order chi connectivity index (χ1) is 13.6. The molecular formula is C22H16N2O3S. The molecule has 0 bridgehead atoms. The smallest absolute Gasteiger partial charge is 0.308 e. The van der Waals surface area contributed by atoms with Crippen LogP contribution in [0, 0.1) is 0 Å². The van der Waals surface area contributed by atoms with Crippen molar-refractivity contribution in [3.63, 3.8) is 0 Å². The van der Waals surface area contributed by atoms with Crippen molar-refractivity contribution in [1.82, 2.24) is 4.98 Å². The molecule has 6 heteroatoms. The number of rotatable bonds is 4. The number of benzene rings is 3. The largest absolute Gasteiger partial charge is 0.427 e. The zero-order chi connectivity index (χ0) is 19.5. The molecule has 0 aliphatic carbocycles. The van der Waals surface area contributed by atoms with E-state index in [9.17, 15) is 9.59 Å². The molecule has 138 valence electrons. The number of nitrogens with zero attached hydrogens (tertiary/aromatic N) is 1. The summed E-state index contributed by atoms with van der Waals surface area (Å²) < 4.78 is 4.97. The fourth-order valence-electron chi connectivity index (χ4n) is 2.82. The van der Waals surface area contributed by atoms with E-state index in [4.69, 9.17) is 4.74 Å². The first kappa shape index (κ1) is 17.9. The minimum atomic E-state index is -0.402. The Balaban J connectivity index is 1.49. The third-order valence-electron chi connectivity index (χ3n) is 4.15. The maximum Gasteiger partial charge on any atom is 0.308 e. The number of carbonyl (C=O) groups excluding carboxylic acids is 2. The van der Waals surface area contributed by atoms with Crippen LogP contribution in [0.15, 0.2) is 72.1 Å². The maximum atomic E-state index is 12.4.